The van der Waals surface area contributed by atoms with Gasteiger partial charge in [-0.15, -0.1) is 0 Å². The zero-order valence-corrected chi connectivity index (χ0v) is 15.3. The Labute approximate surface area is 148 Å². The smallest absolute Gasteiger partial charge is 0.281 e. The molecular formula is C18H23N3O3S. The van der Waals surface area contributed by atoms with Crippen LogP contribution in [-0.2, 0) is 15.0 Å². The van der Waals surface area contributed by atoms with E-state index in [-0.39, 0.29) is 18.4 Å². The Morgan fingerprint density at radius 2 is 1.88 bits per heavy atom. The summed E-state index contributed by atoms with van der Waals surface area (Å²) in [6, 6.07) is 13.6. The minimum atomic E-state index is -3.49. The molecule has 1 atom stereocenters. The quantitative estimate of drug-likeness (QED) is 0.908. The maximum absolute atomic E-state index is 12.7. The Morgan fingerprint density at radius 3 is 2.64 bits per heavy atom. The molecule has 1 saturated heterocycles. The van der Waals surface area contributed by atoms with Crippen molar-refractivity contribution in [2.75, 3.05) is 32.5 Å². The number of rotatable bonds is 4. The number of nitrogens with one attached hydrogen (secondary N) is 1. The van der Waals surface area contributed by atoms with Gasteiger partial charge in [0.15, 0.2) is 0 Å². The number of amides is 1. The van der Waals surface area contributed by atoms with E-state index >= 15 is 0 Å². The molecule has 2 aromatic carbocycles. The van der Waals surface area contributed by atoms with E-state index in [4.69, 9.17) is 0 Å². The fourth-order valence-electron chi connectivity index (χ4n) is 3.17. The van der Waals surface area contributed by atoms with Crippen molar-refractivity contribution in [1.82, 2.24) is 8.61 Å². The van der Waals surface area contributed by atoms with Crippen molar-refractivity contribution in [3.8, 4) is 0 Å². The number of hydrogen-bond donors (Lipinski definition) is 1. The lowest BCUT2D eigenvalue weighted by Crippen LogP contribution is -2.47. The fraction of sp³-hybridized carbons (Fsp3) is 0.389. The van der Waals surface area contributed by atoms with Crippen LogP contribution in [0.15, 0.2) is 42.5 Å². The van der Waals surface area contributed by atoms with Crippen molar-refractivity contribution in [3.05, 3.63) is 42.5 Å². The second-order valence-electron chi connectivity index (χ2n) is 6.50. The molecule has 0 aliphatic carbocycles. The highest BCUT2D eigenvalue weighted by Gasteiger charge is 2.33. The highest BCUT2D eigenvalue weighted by Crippen LogP contribution is 2.26. The first-order chi connectivity index (χ1) is 11.9. The van der Waals surface area contributed by atoms with Gasteiger partial charge >= 0.3 is 0 Å². The van der Waals surface area contributed by atoms with Gasteiger partial charge in [0.1, 0.15) is 0 Å². The van der Waals surface area contributed by atoms with E-state index in [9.17, 15) is 13.2 Å². The van der Waals surface area contributed by atoms with E-state index in [1.54, 1.807) is 0 Å². The van der Waals surface area contributed by atoms with Gasteiger partial charge in [0, 0.05) is 38.3 Å². The van der Waals surface area contributed by atoms with Crippen LogP contribution in [0.2, 0.25) is 0 Å². The second-order valence-corrected chi connectivity index (χ2v) is 8.65. The molecule has 3 rings (SSSR count). The number of carbonyl (C=O) groups excluding carboxylic acids is 1. The molecule has 0 radical (unpaired) electrons. The summed E-state index contributed by atoms with van der Waals surface area (Å²) < 4.78 is 27.2. The van der Waals surface area contributed by atoms with Crippen molar-refractivity contribution in [1.29, 1.82) is 0 Å². The molecule has 6 nitrogen and oxygen atoms in total. The van der Waals surface area contributed by atoms with Crippen molar-refractivity contribution in [2.45, 2.75) is 12.8 Å². The minimum absolute atomic E-state index is 0.130. The first-order valence-corrected chi connectivity index (χ1v) is 9.75. The lowest BCUT2D eigenvalue weighted by atomic mass is 9.98. The Kier molecular flexibility index (Phi) is 5.08. The van der Waals surface area contributed by atoms with Crippen LogP contribution in [0.25, 0.3) is 10.8 Å². The minimum Gasteiger partial charge on any atom is -0.325 e. The van der Waals surface area contributed by atoms with Gasteiger partial charge in [-0.1, -0.05) is 36.4 Å². The SMILES string of the molecule is CN(C)S(=O)(=O)N1CCC[C@@H](C(=O)Nc2cccc3ccccc23)C1. The van der Waals surface area contributed by atoms with Gasteiger partial charge in [-0.2, -0.15) is 17.0 Å². The van der Waals surface area contributed by atoms with Gasteiger partial charge in [-0.05, 0) is 24.3 Å². The number of benzene rings is 2. The summed E-state index contributed by atoms with van der Waals surface area (Å²) in [6.07, 6.45) is 1.37. The fourth-order valence-corrected chi connectivity index (χ4v) is 4.36. The lowest BCUT2D eigenvalue weighted by Gasteiger charge is -2.32. The monoisotopic (exact) mass is 361 g/mol. The lowest BCUT2D eigenvalue weighted by molar-refractivity contribution is -0.120. The zero-order valence-electron chi connectivity index (χ0n) is 14.5. The molecule has 0 aromatic heterocycles. The summed E-state index contributed by atoms with van der Waals surface area (Å²) in [5, 5.41) is 5.02. The molecule has 1 amide bonds. The van der Waals surface area contributed by atoms with Crippen LogP contribution in [0.5, 0.6) is 0 Å². The summed E-state index contributed by atoms with van der Waals surface area (Å²) in [5.41, 5.74) is 0.760. The van der Waals surface area contributed by atoms with Gasteiger partial charge in [0.2, 0.25) is 5.91 Å². The number of carbonyl (C=O) groups is 1. The van der Waals surface area contributed by atoms with Crippen molar-refractivity contribution < 1.29 is 13.2 Å². The normalized spacial score (nSPS) is 19.2. The van der Waals surface area contributed by atoms with E-state index in [0.717, 1.165) is 16.5 Å². The summed E-state index contributed by atoms with van der Waals surface area (Å²) in [5.74, 6) is -0.475. The topological polar surface area (TPSA) is 69.7 Å². The van der Waals surface area contributed by atoms with E-state index in [1.807, 2.05) is 42.5 Å². The van der Waals surface area contributed by atoms with E-state index in [0.29, 0.717) is 19.4 Å². The van der Waals surface area contributed by atoms with Crippen molar-refractivity contribution >= 4 is 32.6 Å². The third-order valence-electron chi connectivity index (χ3n) is 4.59. The summed E-state index contributed by atoms with van der Waals surface area (Å²) in [6.45, 7) is 0.676. The Balaban J connectivity index is 1.77. The van der Waals surface area contributed by atoms with Gasteiger partial charge < -0.3 is 5.32 Å². The molecule has 7 heteroatoms. The summed E-state index contributed by atoms with van der Waals surface area (Å²) in [4.78, 5) is 12.7. The number of piperidine rings is 1. The zero-order chi connectivity index (χ0) is 18.0. The summed E-state index contributed by atoms with van der Waals surface area (Å²) >= 11 is 0. The molecule has 134 valence electrons. The first kappa shape index (κ1) is 17.8. The predicted octanol–water partition coefficient (Wildman–Crippen LogP) is 2.30. The third-order valence-corrected chi connectivity index (χ3v) is 6.50. The number of fused-ring (bicyclic) bond motifs is 1. The molecule has 0 bridgehead atoms. The van der Waals surface area contributed by atoms with E-state index in [2.05, 4.69) is 5.32 Å². The Hall–Kier alpha value is -1.96. The number of nitrogens with zero attached hydrogens (tertiary/aromatic N) is 2. The highest BCUT2D eigenvalue weighted by atomic mass is 32.2. The number of anilines is 1. The maximum Gasteiger partial charge on any atom is 0.281 e. The molecule has 0 spiro atoms. The average Bonchev–Trinajstić information content (AvgIpc) is 2.62. The van der Waals surface area contributed by atoms with Crippen molar-refractivity contribution in [3.63, 3.8) is 0 Å². The van der Waals surface area contributed by atoms with Crippen LogP contribution in [0.3, 0.4) is 0 Å². The maximum atomic E-state index is 12.7. The molecule has 1 heterocycles. The molecule has 2 aromatic rings. The molecule has 1 aliphatic heterocycles. The third kappa shape index (κ3) is 3.68. The molecule has 1 N–H and O–H groups in total. The van der Waals surface area contributed by atoms with Crippen LogP contribution in [0, 0.1) is 5.92 Å². The molecule has 0 unspecified atom stereocenters. The van der Waals surface area contributed by atoms with Gasteiger partial charge in [0.05, 0.1) is 5.92 Å². The van der Waals surface area contributed by atoms with E-state index < -0.39 is 10.2 Å². The van der Waals surface area contributed by atoms with Crippen LogP contribution in [-0.4, -0.2) is 50.1 Å². The van der Waals surface area contributed by atoms with Crippen LogP contribution in [0.4, 0.5) is 5.69 Å². The van der Waals surface area contributed by atoms with Gasteiger partial charge in [-0.3, -0.25) is 4.79 Å². The molecule has 1 aliphatic rings. The summed E-state index contributed by atoms with van der Waals surface area (Å²) in [7, 11) is -0.469. The van der Waals surface area contributed by atoms with Gasteiger partial charge in [0.25, 0.3) is 10.2 Å². The molecule has 0 saturated carbocycles. The Bertz CT molecular complexity index is 875. The molecular weight excluding hydrogens is 338 g/mol. The highest BCUT2D eigenvalue weighted by molar-refractivity contribution is 7.86. The van der Waals surface area contributed by atoms with Gasteiger partial charge in [-0.25, -0.2) is 0 Å². The first-order valence-electron chi connectivity index (χ1n) is 8.36. The molecule has 1 fully saturated rings. The molecule has 25 heavy (non-hydrogen) atoms. The van der Waals surface area contributed by atoms with Crippen LogP contribution < -0.4 is 5.32 Å². The van der Waals surface area contributed by atoms with Crippen LogP contribution >= 0.6 is 0 Å². The van der Waals surface area contributed by atoms with Crippen molar-refractivity contribution in [2.24, 2.45) is 5.92 Å². The average molecular weight is 361 g/mol. The second kappa shape index (κ2) is 7.11. The van der Waals surface area contributed by atoms with Crippen LogP contribution in [0.1, 0.15) is 12.8 Å². The number of hydrogen-bond acceptors (Lipinski definition) is 3. The largest absolute Gasteiger partial charge is 0.325 e. The van der Waals surface area contributed by atoms with E-state index in [1.165, 1.54) is 22.7 Å². The standard InChI is InChI=1S/C18H23N3O3S/c1-20(2)25(23,24)21-12-6-9-15(13-21)18(22)19-17-11-5-8-14-7-3-4-10-16(14)17/h3-5,7-8,10-11,15H,6,9,12-13H2,1-2H3,(H,19,22)/t15-/m1/s1. The predicted molar refractivity (Wildman–Crippen MR) is 99.5 cm³/mol. The Morgan fingerprint density at radius 1 is 1.16 bits per heavy atom.